The molecule has 0 amide bonds. The minimum atomic E-state index is -0.583. The maximum Gasteiger partial charge on any atom is 0.344 e. The summed E-state index contributed by atoms with van der Waals surface area (Å²) in [5.74, 6) is -0.399. The van der Waals surface area contributed by atoms with Crippen LogP contribution in [0.4, 0.5) is 5.82 Å². The van der Waals surface area contributed by atoms with Gasteiger partial charge in [-0.05, 0) is 37.6 Å². The van der Waals surface area contributed by atoms with Crippen molar-refractivity contribution in [2.75, 3.05) is 12.3 Å². The van der Waals surface area contributed by atoms with Crippen molar-refractivity contribution in [1.29, 1.82) is 0 Å². The number of hydrogen-bond donors (Lipinski definition) is 1. The van der Waals surface area contributed by atoms with E-state index in [1.807, 2.05) is 25.1 Å². The monoisotopic (exact) mass is 390 g/mol. The molecule has 0 bridgehead atoms. The average molecular weight is 390 g/mol. The molecule has 0 radical (unpaired) electrons. The molecular formula is C21H20N5O3+. The lowest BCUT2D eigenvalue weighted by atomic mass is 10.1. The molecular weight excluding hydrogens is 370 g/mol. The molecule has 4 aromatic heterocycles. The number of hydrogen-bond acceptors (Lipinski definition) is 6. The Balaban J connectivity index is 2.07. The van der Waals surface area contributed by atoms with Crippen LogP contribution < -0.4 is 15.9 Å². The van der Waals surface area contributed by atoms with Gasteiger partial charge < -0.3 is 10.5 Å². The molecule has 4 heterocycles. The van der Waals surface area contributed by atoms with Gasteiger partial charge in [-0.1, -0.05) is 17.1 Å². The number of aryl methyl sites for hydroxylation is 1. The Hall–Kier alpha value is -3.81. The Morgan fingerprint density at radius 1 is 1.31 bits per heavy atom. The van der Waals surface area contributed by atoms with Crippen molar-refractivity contribution in [3.05, 3.63) is 76.0 Å². The molecule has 8 heteroatoms. The Morgan fingerprint density at radius 3 is 2.86 bits per heavy atom. The third-order valence-corrected chi connectivity index (χ3v) is 4.66. The summed E-state index contributed by atoms with van der Waals surface area (Å²) in [5, 5.41) is 0.286. The van der Waals surface area contributed by atoms with Gasteiger partial charge in [-0.3, -0.25) is 14.2 Å². The van der Waals surface area contributed by atoms with E-state index in [1.165, 1.54) is 10.5 Å². The molecule has 4 rings (SSSR count). The third-order valence-electron chi connectivity index (χ3n) is 4.66. The molecule has 0 aliphatic carbocycles. The fourth-order valence-electron chi connectivity index (χ4n) is 3.26. The van der Waals surface area contributed by atoms with Crippen LogP contribution in [0, 0.1) is 6.92 Å². The highest BCUT2D eigenvalue weighted by Gasteiger charge is 2.25. The molecule has 0 unspecified atom stereocenters. The van der Waals surface area contributed by atoms with Gasteiger partial charge in [0.25, 0.3) is 11.2 Å². The molecule has 29 heavy (non-hydrogen) atoms. The van der Waals surface area contributed by atoms with E-state index in [0.717, 1.165) is 11.1 Å². The largest absolute Gasteiger partial charge is 0.462 e. The van der Waals surface area contributed by atoms with Crippen molar-refractivity contribution in [3.63, 3.8) is 0 Å². The summed E-state index contributed by atoms with van der Waals surface area (Å²) in [4.78, 5) is 34.5. The van der Waals surface area contributed by atoms with E-state index in [9.17, 15) is 9.59 Å². The zero-order valence-corrected chi connectivity index (χ0v) is 16.1. The lowest BCUT2D eigenvalue weighted by molar-refractivity contribution is -0.649. The van der Waals surface area contributed by atoms with Gasteiger partial charge in [-0.25, -0.2) is 9.36 Å². The number of carbonyl (C=O) groups is 1. The predicted octanol–water partition coefficient (Wildman–Crippen LogP) is 1.65. The number of esters is 1. The summed E-state index contributed by atoms with van der Waals surface area (Å²) in [6.07, 6.45) is 5.09. The maximum absolute atomic E-state index is 13.2. The van der Waals surface area contributed by atoms with E-state index >= 15 is 0 Å². The molecule has 2 N–H and O–H groups in total. The van der Waals surface area contributed by atoms with Gasteiger partial charge in [0, 0.05) is 24.2 Å². The standard InChI is InChI=1S/C21H19N5O3/c1-3-29-21(28)15-9-16-19(24-17-7-6-13(2)11-25(17)20(16)27)26(18(15)22)12-14-5-4-8-23-10-14/h4-11,22H,3,12H2,1-2H3/p+1. The number of nitrogens with zero attached hydrogens (tertiary/aromatic N) is 4. The maximum atomic E-state index is 13.2. The third kappa shape index (κ3) is 3.29. The Kier molecular flexibility index (Phi) is 4.67. The molecule has 0 spiro atoms. The zero-order valence-electron chi connectivity index (χ0n) is 16.1. The number of pyridine rings is 3. The summed E-state index contributed by atoms with van der Waals surface area (Å²) >= 11 is 0. The van der Waals surface area contributed by atoms with Crippen molar-refractivity contribution in [2.24, 2.45) is 0 Å². The quantitative estimate of drug-likeness (QED) is 0.323. The van der Waals surface area contributed by atoms with Crippen LogP contribution in [0.2, 0.25) is 0 Å². The summed E-state index contributed by atoms with van der Waals surface area (Å²) in [7, 11) is 0. The van der Waals surface area contributed by atoms with Gasteiger partial charge in [-0.2, -0.15) is 0 Å². The van der Waals surface area contributed by atoms with Crippen LogP contribution in [-0.2, 0) is 11.3 Å². The first-order chi connectivity index (χ1) is 14.0. The van der Waals surface area contributed by atoms with Crippen molar-refractivity contribution in [2.45, 2.75) is 20.4 Å². The summed E-state index contributed by atoms with van der Waals surface area (Å²) in [6, 6.07) is 8.82. The number of carbonyl (C=O) groups excluding carboxylic acids is 1. The van der Waals surface area contributed by atoms with E-state index < -0.39 is 5.97 Å². The first kappa shape index (κ1) is 18.5. The van der Waals surface area contributed by atoms with E-state index in [-0.39, 0.29) is 28.9 Å². The summed E-state index contributed by atoms with van der Waals surface area (Å²) in [6.45, 7) is 4.11. The lowest BCUT2D eigenvalue weighted by Gasteiger charge is -2.12. The topological polar surface area (TPSA) is 103 Å². The van der Waals surface area contributed by atoms with E-state index in [0.29, 0.717) is 17.8 Å². The van der Waals surface area contributed by atoms with Crippen molar-refractivity contribution in [3.8, 4) is 0 Å². The minimum Gasteiger partial charge on any atom is -0.462 e. The Bertz CT molecular complexity index is 1300. The fourth-order valence-corrected chi connectivity index (χ4v) is 3.26. The molecule has 8 nitrogen and oxygen atoms in total. The fraction of sp³-hybridized carbons (Fsp3) is 0.190. The zero-order chi connectivity index (χ0) is 20.5. The Labute approximate surface area is 166 Å². The van der Waals surface area contributed by atoms with Gasteiger partial charge >= 0.3 is 5.97 Å². The van der Waals surface area contributed by atoms with Gasteiger partial charge in [-0.15, -0.1) is 0 Å². The van der Waals surface area contributed by atoms with Crippen LogP contribution in [0.1, 0.15) is 28.4 Å². The summed E-state index contributed by atoms with van der Waals surface area (Å²) < 4.78 is 8.26. The number of anilines is 1. The minimum absolute atomic E-state index is 0.134. The van der Waals surface area contributed by atoms with Crippen LogP contribution in [-0.4, -0.2) is 26.9 Å². The molecule has 0 atom stereocenters. The SMILES string of the molecule is CCOC(=O)c1cc2c(=O)n3cc(C)ccc3nc2[n+](Cc2cccnc2)c1N. The second-order valence-corrected chi connectivity index (χ2v) is 6.70. The van der Waals surface area contributed by atoms with Crippen molar-refractivity contribution >= 4 is 28.5 Å². The number of fused-ring (bicyclic) bond motifs is 2. The number of aromatic nitrogens is 4. The van der Waals surface area contributed by atoms with E-state index in [2.05, 4.69) is 9.97 Å². The smallest absolute Gasteiger partial charge is 0.344 e. The van der Waals surface area contributed by atoms with Crippen molar-refractivity contribution in [1.82, 2.24) is 14.4 Å². The first-order valence-corrected chi connectivity index (χ1v) is 9.20. The van der Waals surface area contributed by atoms with Crippen LogP contribution in [0.15, 0.2) is 53.7 Å². The molecule has 0 saturated heterocycles. The Morgan fingerprint density at radius 2 is 2.14 bits per heavy atom. The number of nitrogen functional groups attached to an aromatic ring is 1. The van der Waals surface area contributed by atoms with Crippen molar-refractivity contribution < 1.29 is 14.1 Å². The van der Waals surface area contributed by atoms with Crippen LogP contribution >= 0.6 is 0 Å². The molecule has 0 aliphatic heterocycles. The van der Waals surface area contributed by atoms with E-state index in [1.54, 1.807) is 36.1 Å². The van der Waals surface area contributed by atoms with Gasteiger partial charge in [0.2, 0.25) is 11.5 Å². The highest BCUT2D eigenvalue weighted by molar-refractivity contribution is 5.96. The highest BCUT2D eigenvalue weighted by Crippen LogP contribution is 2.16. The molecule has 0 fully saturated rings. The van der Waals surface area contributed by atoms with Gasteiger partial charge in [0.1, 0.15) is 10.9 Å². The average Bonchev–Trinajstić information content (AvgIpc) is 2.72. The van der Waals surface area contributed by atoms with E-state index in [4.69, 9.17) is 10.5 Å². The van der Waals surface area contributed by atoms with Gasteiger partial charge in [0.15, 0.2) is 0 Å². The second-order valence-electron chi connectivity index (χ2n) is 6.70. The summed E-state index contributed by atoms with van der Waals surface area (Å²) in [5.41, 5.74) is 8.87. The van der Waals surface area contributed by atoms with Gasteiger partial charge in [0.05, 0.1) is 13.2 Å². The number of rotatable bonds is 4. The molecule has 146 valence electrons. The molecule has 0 saturated carbocycles. The molecule has 4 aromatic rings. The van der Waals surface area contributed by atoms with Crippen LogP contribution in [0.5, 0.6) is 0 Å². The number of nitrogens with two attached hydrogens (primary N) is 1. The second kappa shape index (κ2) is 7.31. The predicted molar refractivity (Wildman–Crippen MR) is 108 cm³/mol. The molecule has 0 aromatic carbocycles. The van der Waals surface area contributed by atoms with Crippen LogP contribution in [0.25, 0.3) is 16.7 Å². The first-order valence-electron chi connectivity index (χ1n) is 9.20. The normalized spacial score (nSPS) is 11.1. The highest BCUT2D eigenvalue weighted by atomic mass is 16.5. The number of ether oxygens (including phenoxy) is 1. The van der Waals surface area contributed by atoms with Crippen LogP contribution in [0.3, 0.4) is 0 Å². The lowest BCUT2D eigenvalue weighted by Crippen LogP contribution is -2.42. The molecule has 0 aliphatic rings.